The molecule has 3 rings (SSSR count). The van der Waals surface area contributed by atoms with E-state index in [4.69, 9.17) is 4.42 Å². The molecule has 1 aromatic heterocycles. The molecule has 0 amide bonds. The van der Waals surface area contributed by atoms with Gasteiger partial charge in [0.15, 0.2) is 0 Å². The highest BCUT2D eigenvalue weighted by atomic mass is 28.4. The van der Waals surface area contributed by atoms with E-state index in [1.807, 2.05) is 48.5 Å². The van der Waals surface area contributed by atoms with E-state index < -0.39 is 8.32 Å². The maximum atomic E-state index is 12.1. The molecular weight excluding hydrogens is 324 g/mol. The molecule has 0 saturated heterocycles. The molecule has 2 aromatic carbocycles. The summed E-state index contributed by atoms with van der Waals surface area (Å²) in [5.41, 5.74) is 0. The molecule has 1 N–H and O–H groups in total. The van der Waals surface area contributed by atoms with Crippen molar-refractivity contribution in [1.29, 1.82) is 0 Å². The Hall–Kier alpha value is -2.10. The lowest BCUT2D eigenvalue weighted by atomic mass is 10.0. The smallest absolute Gasteiger partial charge is 0.258 e. The molecule has 0 bridgehead atoms. The Morgan fingerprint density at radius 1 is 0.840 bits per heavy atom. The highest BCUT2D eigenvalue weighted by molar-refractivity contribution is 6.98. The summed E-state index contributed by atoms with van der Waals surface area (Å²) < 4.78 is 5.45. The van der Waals surface area contributed by atoms with Gasteiger partial charge in [0.25, 0.3) is 8.32 Å². The minimum absolute atomic E-state index is 0.192. The average Bonchev–Trinajstić information content (AvgIpc) is 3.15. The fourth-order valence-electron chi connectivity index (χ4n) is 3.65. The Bertz CT molecular complexity index is 725. The summed E-state index contributed by atoms with van der Waals surface area (Å²) >= 11 is 0. The predicted molar refractivity (Wildman–Crippen MR) is 106 cm³/mol. The van der Waals surface area contributed by atoms with Crippen LogP contribution in [0.1, 0.15) is 32.4 Å². The first-order chi connectivity index (χ1) is 12.0. The van der Waals surface area contributed by atoms with Crippen LogP contribution in [0.2, 0.25) is 5.04 Å². The first-order valence-electron chi connectivity index (χ1n) is 8.90. The number of rotatable bonds is 7. The fourth-order valence-corrected chi connectivity index (χ4v) is 7.43. The maximum Gasteiger partial charge on any atom is 0.258 e. The van der Waals surface area contributed by atoms with Gasteiger partial charge in [0.1, 0.15) is 5.76 Å². The minimum Gasteiger partial charge on any atom is -0.469 e. The summed E-state index contributed by atoms with van der Waals surface area (Å²) in [4.78, 5) is 12.1. The Balaban J connectivity index is 1.90. The van der Waals surface area contributed by atoms with Gasteiger partial charge in [-0.15, -0.1) is 0 Å². The summed E-state index contributed by atoms with van der Waals surface area (Å²) in [6.45, 7) is 4.42. The molecule has 0 spiro atoms. The second-order valence-corrected chi connectivity index (χ2v) is 11.2. The Morgan fingerprint density at radius 2 is 1.40 bits per heavy atom. The molecule has 25 heavy (non-hydrogen) atoms. The highest BCUT2D eigenvalue weighted by Gasteiger charge is 2.49. The normalized spacial score (nSPS) is 12.3. The first kappa shape index (κ1) is 17.7. The summed E-state index contributed by atoms with van der Waals surface area (Å²) in [6, 6.07) is 24.4. The lowest BCUT2D eigenvalue weighted by Crippen LogP contribution is -2.65. The third kappa shape index (κ3) is 3.63. The third-order valence-electron chi connectivity index (χ3n) is 5.17. The van der Waals surface area contributed by atoms with Gasteiger partial charge in [-0.25, -0.2) is 0 Å². The number of benzene rings is 2. The minimum atomic E-state index is -2.88. The van der Waals surface area contributed by atoms with Gasteiger partial charge in [0.05, 0.1) is 6.26 Å². The molecule has 0 atom stereocenters. The topological polar surface area (TPSA) is 33.4 Å². The van der Waals surface area contributed by atoms with Gasteiger partial charge in [-0.3, -0.25) is 0 Å². The molecule has 3 heteroatoms. The summed E-state index contributed by atoms with van der Waals surface area (Å²) in [5, 5.41) is 1.95. The number of furan rings is 1. The molecule has 0 saturated carbocycles. The largest absolute Gasteiger partial charge is 0.469 e. The van der Waals surface area contributed by atoms with Gasteiger partial charge in [0.2, 0.25) is 0 Å². The molecule has 1 heterocycles. The van der Waals surface area contributed by atoms with Crippen molar-refractivity contribution < 1.29 is 9.21 Å². The molecule has 0 fully saturated rings. The molecule has 2 nitrogen and oxygen atoms in total. The molecular formula is C22H26O2Si. The van der Waals surface area contributed by atoms with Gasteiger partial charge in [0, 0.05) is 6.42 Å². The van der Waals surface area contributed by atoms with Crippen LogP contribution >= 0.6 is 0 Å². The van der Waals surface area contributed by atoms with E-state index in [-0.39, 0.29) is 5.04 Å². The zero-order valence-corrected chi connectivity index (χ0v) is 16.0. The van der Waals surface area contributed by atoms with Crippen LogP contribution in [0.4, 0.5) is 0 Å². The Morgan fingerprint density at radius 3 is 1.88 bits per heavy atom. The molecule has 0 aliphatic rings. The van der Waals surface area contributed by atoms with Gasteiger partial charge in [-0.05, 0) is 40.4 Å². The molecule has 0 aliphatic heterocycles. The second-order valence-electron chi connectivity index (χ2n) is 7.26. The first-order valence-corrected chi connectivity index (χ1v) is 10.8. The van der Waals surface area contributed by atoms with Crippen LogP contribution in [0, 0.1) is 0 Å². The van der Waals surface area contributed by atoms with Crippen LogP contribution < -0.4 is 10.4 Å². The fraction of sp³-hybridized carbons (Fsp3) is 0.273. The lowest BCUT2D eigenvalue weighted by molar-refractivity contribution is 0.441. The van der Waals surface area contributed by atoms with E-state index in [2.05, 4.69) is 38.1 Å². The van der Waals surface area contributed by atoms with Crippen molar-refractivity contribution in [3.63, 3.8) is 0 Å². The highest BCUT2D eigenvalue weighted by Crippen LogP contribution is 2.40. The number of hydrogen-bond donors (Lipinski definition) is 1. The third-order valence-corrected chi connectivity index (χ3v) is 9.71. The van der Waals surface area contributed by atoms with E-state index in [1.165, 1.54) is 0 Å². The quantitative estimate of drug-likeness (QED) is 0.650. The molecule has 0 unspecified atom stereocenters. The zero-order chi connectivity index (χ0) is 17.8. The predicted octanol–water partition coefficient (Wildman–Crippen LogP) is 4.13. The van der Waals surface area contributed by atoms with E-state index in [9.17, 15) is 4.80 Å². The van der Waals surface area contributed by atoms with E-state index in [1.54, 1.807) is 6.26 Å². The van der Waals surface area contributed by atoms with Crippen molar-refractivity contribution in [3.05, 3.63) is 84.8 Å². The van der Waals surface area contributed by atoms with Crippen molar-refractivity contribution in [2.45, 2.75) is 38.1 Å². The lowest BCUT2D eigenvalue weighted by Gasteiger charge is -2.41. The summed E-state index contributed by atoms with van der Waals surface area (Å²) in [5.74, 6) is 1.01. The van der Waals surface area contributed by atoms with Crippen LogP contribution in [0.15, 0.2) is 83.5 Å². The summed E-state index contributed by atoms with van der Waals surface area (Å²) in [7, 11) is -2.88. The van der Waals surface area contributed by atoms with E-state index in [0.29, 0.717) is 0 Å². The van der Waals surface area contributed by atoms with Crippen LogP contribution in [0.3, 0.4) is 0 Å². The van der Waals surface area contributed by atoms with Crippen molar-refractivity contribution in [3.8, 4) is 0 Å². The van der Waals surface area contributed by atoms with Gasteiger partial charge in [-0.1, -0.05) is 74.5 Å². The number of hydrogen-bond acceptors (Lipinski definition) is 2. The summed E-state index contributed by atoms with van der Waals surface area (Å²) in [6.07, 6.45) is 4.57. The van der Waals surface area contributed by atoms with Crippen molar-refractivity contribution in [2.75, 3.05) is 0 Å². The maximum absolute atomic E-state index is 12.1. The van der Waals surface area contributed by atoms with Crippen LogP contribution in [-0.2, 0) is 6.42 Å². The Kier molecular flexibility index (Phi) is 5.26. The number of aryl methyl sites for hydroxylation is 1. The van der Waals surface area contributed by atoms with E-state index >= 15 is 0 Å². The average molecular weight is 351 g/mol. The van der Waals surface area contributed by atoms with Crippen molar-refractivity contribution >= 4 is 18.7 Å². The van der Waals surface area contributed by atoms with Gasteiger partial charge >= 0.3 is 0 Å². The van der Waals surface area contributed by atoms with E-state index in [0.717, 1.165) is 35.4 Å². The van der Waals surface area contributed by atoms with Crippen molar-refractivity contribution in [2.24, 2.45) is 0 Å². The van der Waals surface area contributed by atoms with Crippen LogP contribution in [-0.4, -0.2) is 13.1 Å². The van der Waals surface area contributed by atoms with Crippen LogP contribution in [0.5, 0.6) is 0 Å². The standard InChI is InChI=1S/C22H26O2Si/c1-22(2,17-9-11-19-12-10-18-24-19)25(23,20-13-5-3-6-14-20)21-15-7-4-8-16-21/h3-8,10,12-16,18,23H,9,11,17H2,1-2H3. The second kappa shape index (κ2) is 7.42. The Labute approximate surface area is 151 Å². The molecule has 0 aliphatic carbocycles. The molecule has 0 radical (unpaired) electrons. The SMILES string of the molecule is CC(C)(CCCc1ccco1)[Si](O)(c1ccccc1)c1ccccc1. The monoisotopic (exact) mass is 350 g/mol. The zero-order valence-electron chi connectivity index (χ0n) is 15.0. The molecule has 130 valence electrons. The van der Waals surface area contributed by atoms with Gasteiger partial charge in [-0.2, -0.15) is 0 Å². The van der Waals surface area contributed by atoms with Crippen molar-refractivity contribution in [1.82, 2.24) is 0 Å². The molecule has 3 aromatic rings. The van der Waals surface area contributed by atoms with Gasteiger partial charge < -0.3 is 9.21 Å². The van der Waals surface area contributed by atoms with Crippen LogP contribution in [0.25, 0.3) is 0 Å².